The highest BCUT2D eigenvalue weighted by Crippen LogP contribution is 2.47. The van der Waals surface area contributed by atoms with E-state index < -0.39 is 31.1 Å². The molecule has 2 N–H and O–H groups in total. The number of aliphatic hydroxyl groups excluding tert-OH is 1. The maximum atomic E-state index is 14.7. The van der Waals surface area contributed by atoms with Gasteiger partial charge in [0.25, 0.3) is 0 Å². The van der Waals surface area contributed by atoms with Crippen molar-refractivity contribution in [1.82, 2.24) is 19.7 Å². The minimum atomic E-state index is -3.36. The van der Waals surface area contributed by atoms with E-state index >= 15 is 0 Å². The first-order chi connectivity index (χ1) is 18.7. The highest BCUT2D eigenvalue weighted by atomic mass is 19.3. The Bertz CT molecular complexity index is 1450. The maximum absolute atomic E-state index is 14.7. The lowest BCUT2D eigenvalue weighted by atomic mass is 10.0. The summed E-state index contributed by atoms with van der Waals surface area (Å²) < 4.78 is 36.6. The first-order valence-electron chi connectivity index (χ1n) is 12.4. The second-order valence-corrected chi connectivity index (χ2v) is 9.77. The number of amides is 2. The zero-order valence-electron chi connectivity index (χ0n) is 21.1. The van der Waals surface area contributed by atoms with Crippen LogP contribution in [0, 0.1) is 17.2 Å². The largest absolute Gasteiger partial charge is 0.483 e. The molecule has 1 aliphatic carbocycles. The number of aromatic nitrogens is 3. The predicted octanol–water partition coefficient (Wildman–Crippen LogP) is 2.70. The number of aliphatic hydroxyl groups is 1. The van der Waals surface area contributed by atoms with Crippen molar-refractivity contribution in [2.75, 3.05) is 25.0 Å². The molecular weight excluding hydrogens is 510 g/mol. The SMILES string of the molecule is Cn1cc(C2CC2C(=O)Nc2cc(-c3ccc(O[C@H]4CCN(C(=O)CO)CC4(F)F)c(C#N)c3)ccn2)cn1. The first-order valence-corrected chi connectivity index (χ1v) is 12.4. The highest BCUT2D eigenvalue weighted by molar-refractivity contribution is 5.95. The molecule has 3 aromatic rings. The third kappa shape index (κ3) is 5.58. The van der Waals surface area contributed by atoms with Gasteiger partial charge in [-0.25, -0.2) is 13.8 Å². The Morgan fingerprint density at radius 2 is 2.08 bits per heavy atom. The number of piperidine rings is 1. The molecule has 2 aromatic heterocycles. The molecule has 2 amide bonds. The summed E-state index contributed by atoms with van der Waals surface area (Å²) in [5.41, 5.74) is 2.38. The summed E-state index contributed by atoms with van der Waals surface area (Å²) >= 11 is 0. The van der Waals surface area contributed by atoms with Gasteiger partial charge >= 0.3 is 5.92 Å². The minimum Gasteiger partial charge on any atom is -0.483 e. The standard InChI is InChI=1S/C27H26F2N6O4/c1-34-13-19(12-32-34)20-10-21(20)26(38)33-24-9-17(4-6-31-24)16-2-3-22(18(8-16)11-30)39-23-5-7-35(25(37)14-36)15-27(23,28)29/h2-4,6,8-9,12-13,20-21,23,36H,5,7,10,14-15H2,1H3,(H,31,33,38)/t20?,21?,23-/m0/s1. The molecule has 2 fully saturated rings. The Morgan fingerprint density at radius 3 is 2.77 bits per heavy atom. The van der Waals surface area contributed by atoms with Crippen LogP contribution in [0.1, 0.15) is 29.9 Å². The summed E-state index contributed by atoms with van der Waals surface area (Å²) in [6.45, 7) is -1.70. The van der Waals surface area contributed by atoms with Crippen LogP contribution in [0.4, 0.5) is 14.6 Å². The van der Waals surface area contributed by atoms with E-state index in [9.17, 15) is 23.6 Å². The molecule has 0 radical (unpaired) electrons. The van der Waals surface area contributed by atoms with E-state index in [2.05, 4.69) is 15.4 Å². The summed E-state index contributed by atoms with van der Waals surface area (Å²) in [5, 5.41) is 25.6. The Kier molecular flexibility index (Phi) is 7.01. The van der Waals surface area contributed by atoms with Crippen molar-refractivity contribution in [3.63, 3.8) is 0 Å². The highest BCUT2D eigenvalue weighted by Gasteiger charge is 2.48. The van der Waals surface area contributed by atoms with Gasteiger partial charge in [0.1, 0.15) is 24.2 Å². The van der Waals surface area contributed by atoms with Crippen LogP contribution in [-0.2, 0) is 16.6 Å². The van der Waals surface area contributed by atoms with Crippen LogP contribution in [0.2, 0.25) is 0 Å². The predicted molar refractivity (Wildman–Crippen MR) is 135 cm³/mol. The monoisotopic (exact) mass is 536 g/mol. The fourth-order valence-corrected chi connectivity index (χ4v) is 4.81. The average Bonchev–Trinajstić information content (AvgIpc) is 3.62. The number of hydrogen-bond acceptors (Lipinski definition) is 7. The number of carbonyl (C=O) groups is 2. The number of anilines is 1. The van der Waals surface area contributed by atoms with E-state index in [4.69, 9.17) is 9.84 Å². The third-order valence-electron chi connectivity index (χ3n) is 7.02. The summed E-state index contributed by atoms with van der Waals surface area (Å²) in [7, 11) is 1.83. The topological polar surface area (TPSA) is 133 Å². The molecule has 202 valence electrons. The number of nitrogens with zero attached hydrogens (tertiary/aromatic N) is 5. The number of aryl methyl sites for hydroxylation is 1. The molecule has 3 atom stereocenters. The quantitative estimate of drug-likeness (QED) is 0.474. The normalized spacial score (nSPS) is 21.6. The molecular formula is C27H26F2N6O4. The Hall–Kier alpha value is -4.37. The lowest BCUT2D eigenvalue weighted by Crippen LogP contribution is -2.55. The number of halogens is 2. The van der Waals surface area contributed by atoms with Crippen LogP contribution in [-0.4, -0.2) is 68.3 Å². The van der Waals surface area contributed by atoms with E-state index in [1.807, 2.05) is 19.3 Å². The maximum Gasteiger partial charge on any atom is 0.301 e. The Morgan fingerprint density at radius 1 is 1.28 bits per heavy atom. The first kappa shape index (κ1) is 26.2. The van der Waals surface area contributed by atoms with Crippen molar-refractivity contribution in [1.29, 1.82) is 5.26 Å². The van der Waals surface area contributed by atoms with Gasteiger partial charge in [-0.2, -0.15) is 10.4 Å². The molecule has 1 saturated heterocycles. The summed E-state index contributed by atoms with van der Waals surface area (Å²) in [4.78, 5) is 29.5. The number of likely N-dealkylation sites (tertiary alicyclic amines) is 1. The Balaban J connectivity index is 1.27. The lowest BCUT2D eigenvalue weighted by Gasteiger charge is -2.38. The minimum absolute atomic E-state index is 0.00520. The smallest absolute Gasteiger partial charge is 0.301 e. The number of carbonyl (C=O) groups excluding carboxylic acids is 2. The lowest BCUT2D eigenvalue weighted by molar-refractivity contribution is -0.161. The van der Waals surface area contributed by atoms with E-state index in [0.717, 1.165) is 16.9 Å². The molecule has 2 unspecified atom stereocenters. The van der Waals surface area contributed by atoms with Crippen molar-refractivity contribution >= 4 is 17.6 Å². The van der Waals surface area contributed by atoms with Gasteiger partial charge in [0.2, 0.25) is 11.8 Å². The summed E-state index contributed by atoms with van der Waals surface area (Å²) in [6.07, 6.45) is 4.26. The van der Waals surface area contributed by atoms with Gasteiger partial charge < -0.3 is 20.1 Å². The number of rotatable bonds is 7. The van der Waals surface area contributed by atoms with Crippen molar-refractivity contribution in [2.45, 2.75) is 30.8 Å². The summed E-state index contributed by atoms with van der Waals surface area (Å²) in [6, 6.07) is 10.0. The molecule has 1 aromatic carbocycles. The molecule has 10 nitrogen and oxygen atoms in total. The van der Waals surface area contributed by atoms with E-state index in [0.29, 0.717) is 16.9 Å². The van der Waals surface area contributed by atoms with Crippen LogP contribution in [0.15, 0.2) is 48.9 Å². The average molecular weight is 537 g/mol. The van der Waals surface area contributed by atoms with Crippen LogP contribution < -0.4 is 10.1 Å². The zero-order valence-corrected chi connectivity index (χ0v) is 21.1. The van der Waals surface area contributed by atoms with Gasteiger partial charge in [-0.05, 0) is 53.3 Å². The summed E-state index contributed by atoms with van der Waals surface area (Å²) in [5.74, 6) is -3.93. The van der Waals surface area contributed by atoms with Crippen LogP contribution >= 0.6 is 0 Å². The fraction of sp³-hybridized carbons (Fsp3) is 0.370. The number of nitriles is 1. The second-order valence-electron chi connectivity index (χ2n) is 9.77. The van der Waals surface area contributed by atoms with E-state index in [1.165, 1.54) is 18.3 Å². The molecule has 39 heavy (non-hydrogen) atoms. The van der Waals surface area contributed by atoms with Gasteiger partial charge in [-0.3, -0.25) is 14.3 Å². The number of alkyl halides is 2. The third-order valence-corrected chi connectivity index (χ3v) is 7.02. The number of hydrogen-bond donors (Lipinski definition) is 2. The molecule has 1 aliphatic heterocycles. The molecule has 1 saturated carbocycles. The fourth-order valence-electron chi connectivity index (χ4n) is 4.81. The van der Waals surface area contributed by atoms with Gasteiger partial charge in [0, 0.05) is 38.3 Å². The van der Waals surface area contributed by atoms with E-state index in [1.54, 1.807) is 29.1 Å². The van der Waals surface area contributed by atoms with Crippen molar-refractivity contribution in [3.05, 3.63) is 60.0 Å². The van der Waals surface area contributed by atoms with Gasteiger partial charge in [0.05, 0.1) is 18.3 Å². The van der Waals surface area contributed by atoms with Crippen molar-refractivity contribution in [2.24, 2.45) is 13.0 Å². The molecule has 12 heteroatoms. The van der Waals surface area contributed by atoms with Crippen molar-refractivity contribution < 1.29 is 28.2 Å². The van der Waals surface area contributed by atoms with Crippen LogP contribution in [0.3, 0.4) is 0 Å². The number of pyridine rings is 1. The zero-order chi connectivity index (χ0) is 27.7. The molecule has 3 heterocycles. The number of benzene rings is 1. The van der Waals surface area contributed by atoms with Gasteiger partial charge in [-0.1, -0.05) is 6.07 Å². The van der Waals surface area contributed by atoms with Gasteiger partial charge in [-0.15, -0.1) is 0 Å². The number of ether oxygens (including phenoxy) is 1. The Labute approximate surface area is 222 Å². The molecule has 0 spiro atoms. The molecule has 0 bridgehead atoms. The molecule has 5 rings (SSSR count). The van der Waals surface area contributed by atoms with Gasteiger partial charge in [0.15, 0.2) is 6.10 Å². The molecule has 2 aliphatic rings. The second kappa shape index (κ2) is 10.4. The van der Waals surface area contributed by atoms with Crippen LogP contribution in [0.5, 0.6) is 5.75 Å². The van der Waals surface area contributed by atoms with E-state index in [-0.39, 0.29) is 42.0 Å². The van der Waals surface area contributed by atoms with Crippen molar-refractivity contribution in [3.8, 4) is 22.9 Å². The van der Waals surface area contributed by atoms with Crippen LogP contribution in [0.25, 0.3) is 11.1 Å². The number of nitrogens with one attached hydrogen (secondary N) is 1.